The first-order chi connectivity index (χ1) is 11.7. The molecule has 1 aliphatic rings. The second-order valence-corrected chi connectivity index (χ2v) is 6.61. The monoisotopic (exact) mass is 328 g/mol. The van der Waals surface area contributed by atoms with E-state index in [2.05, 4.69) is 64.8 Å². The molecule has 3 rings (SSSR count). The number of hydrogen-bond acceptors (Lipinski definition) is 4. The van der Waals surface area contributed by atoms with Gasteiger partial charge in [-0.05, 0) is 32.9 Å². The Hall–Kier alpha value is -1.69. The smallest absolute Gasteiger partial charge is 0.110 e. The molecule has 0 unspecified atom stereocenters. The molecule has 24 heavy (non-hydrogen) atoms. The van der Waals surface area contributed by atoms with E-state index in [9.17, 15) is 0 Å². The molecule has 0 aliphatic carbocycles. The Labute approximate surface area is 144 Å². The van der Waals surface area contributed by atoms with Gasteiger partial charge >= 0.3 is 0 Å². The summed E-state index contributed by atoms with van der Waals surface area (Å²) < 4.78 is 7.75. The lowest BCUT2D eigenvalue weighted by Crippen LogP contribution is -2.51. The van der Waals surface area contributed by atoms with E-state index in [1.807, 2.05) is 12.3 Å². The first kappa shape index (κ1) is 17.1. The van der Waals surface area contributed by atoms with Gasteiger partial charge in [0, 0.05) is 37.4 Å². The van der Waals surface area contributed by atoms with Gasteiger partial charge in [-0.2, -0.15) is 0 Å². The molecule has 1 aromatic carbocycles. The number of nitrogens with one attached hydrogen (secondary N) is 1. The van der Waals surface area contributed by atoms with Crippen molar-refractivity contribution in [3.8, 4) is 5.69 Å². The van der Waals surface area contributed by atoms with E-state index in [1.54, 1.807) is 0 Å². The highest BCUT2D eigenvalue weighted by atomic mass is 16.5. The van der Waals surface area contributed by atoms with Gasteiger partial charge in [0.05, 0.1) is 25.1 Å². The molecule has 5 nitrogen and oxygen atoms in total. The molecule has 1 saturated heterocycles. The standard InChI is InChI=1S/C19H28N4O/c1-15(22-9-10-24-14-16(22)2)11-20-12-19-13-21-17(3)23(19)18-7-5-4-6-8-18/h4-8,13,15-16,20H,9-12,14H2,1-3H3/t15-,16-/m1/s1. The van der Waals surface area contributed by atoms with Gasteiger partial charge < -0.3 is 10.1 Å². The van der Waals surface area contributed by atoms with Crippen molar-refractivity contribution < 1.29 is 4.74 Å². The Morgan fingerprint density at radius 1 is 1.33 bits per heavy atom. The SMILES string of the molecule is Cc1ncc(CNC[C@@H](C)N2CCOC[C@H]2C)n1-c1ccccc1. The number of imidazole rings is 1. The molecule has 0 amide bonds. The van der Waals surface area contributed by atoms with Crippen LogP contribution in [0.2, 0.25) is 0 Å². The van der Waals surface area contributed by atoms with Gasteiger partial charge in [0.2, 0.25) is 0 Å². The second kappa shape index (κ2) is 7.92. The van der Waals surface area contributed by atoms with Crippen LogP contribution in [0.3, 0.4) is 0 Å². The number of aryl methyl sites for hydroxylation is 1. The summed E-state index contributed by atoms with van der Waals surface area (Å²) in [5, 5.41) is 3.60. The maximum Gasteiger partial charge on any atom is 0.110 e. The first-order valence-electron chi connectivity index (χ1n) is 8.79. The minimum atomic E-state index is 0.493. The van der Waals surface area contributed by atoms with Crippen LogP contribution in [0.5, 0.6) is 0 Å². The number of para-hydroxylation sites is 1. The number of morpholine rings is 1. The van der Waals surface area contributed by atoms with E-state index in [0.29, 0.717) is 12.1 Å². The fourth-order valence-corrected chi connectivity index (χ4v) is 3.47. The van der Waals surface area contributed by atoms with Crippen LogP contribution in [0.15, 0.2) is 36.5 Å². The Bertz CT molecular complexity index is 640. The number of hydrogen-bond donors (Lipinski definition) is 1. The molecule has 1 N–H and O–H groups in total. The van der Waals surface area contributed by atoms with Crippen molar-refractivity contribution in [2.24, 2.45) is 0 Å². The fourth-order valence-electron chi connectivity index (χ4n) is 3.47. The predicted octanol–water partition coefficient (Wildman–Crippen LogP) is 2.38. The van der Waals surface area contributed by atoms with Gasteiger partial charge in [0.15, 0.2) is 0 Å². The summed E-state index contributed by atoms with van der Waals surface area (Å²) in [4.78, 5) is 7.01. The minimum Gasteiger partial charge on any atom is -0.379 e. The van der Waals surface area contributed by atoms with Crippen molar-refractivity contribution in [3.05, 3.63) is 48.0 Å². The van der Waals surface area contributed by atoms with E-state index >= 15 is 0 Å². The minimum absolute atomic E-state index is 0.493. The normalized spacial score (nSPS) is 20.2. The number of rotatable bonds is 6. The lowest BCUT2D eigenvalue weighted by Gasteiger charge is -2.38. The van der Waals surface area contributed by atoms with Crippen molar-refractivity contribution in [2.45, 2.75) is 39.4 Å². The Balaban J connectivity index is 1.59. The zero-order valence-corrected chi connectivity index (χ0v) is 14.9. The van der Waals surface area contributed by atoms with E-state index in [-0.39, 0.29) is 0 Å². The van der Waals surface area contributed by atoms with Crippen LogP contribution in [0.4, 0.5) is 0 Å². The van der Waals surface area contributed by atoms with E-state index in [1.165, 1.54) is 11.4 Å². The average molecular weight is 328 g/mol. The highest BCUT2D eigenvalue weighted by molar-refractivity contribution is 5.35. The number of benzene rings is 1. The summed E-state index contributed by atoms with van der Waals surface area (Å²) in [6.45, 7) is 11.1. The van der Waals surface area contributed by atoms with Crippen LogP contribution < -0.4 is 5.32 Å². The van der Waals surface area contributed by atoms with Gasteiger partial charge in [-0.1, -0.05) is 18.2 Å². The summed E-state index contributed by atoms with van der Waals surface area (Å²) >= 11 is 0. The molecule has 2 heterocycles. The summed E-state index contributed by atoms with van der Waals surface area (Å²) in [7, 11) is 0. The molecule has 2 atom stereocenters. The molecular weight excluding hydrogens is 300 g/mol. The summed E-state index contributed by atoms with van der Waals surface area (Å²) in [6, 6.07) is 11.4. The predicted molar refractivity (Wildman–Crippen MR) is 96.5 cm³/mol. The van der Waals surface area contributed by atoms with E-state index in [4.69, 9.17) is 4.74 Å². The molecule has 5 heteroatoms. The summed E-state index contributed by atoms with van der Waals surface area (Å²) in [6.07, 6.45) is 1.97. The highest BCUT2D eigenvalue weighted by Crippen LogP contribution is 2.15. The van der Waals surface area contributed by atoms with Gasteiger partial charge in [-0.3, -0.25) is 9.47 Å². The average Bonchev–Trinajstić information content (AvgIpc) is 2.96. The van der Waals surface area contributed by atoms with Crippen LogP contribution in [0, 0.1) is 6.92 Å². The van der Waals surface area contributed by atoms with Crippen molar-refractivity contribution >= 4 is 0 Å². The van der Waals surface area contributed by atoms with Crippen LogP contribution in [0.25, 0.3) is 5.69 Å². The third-order valence-corrected chi connectivity index (χ3v) is 4.76. The van der Waals surface area contributed by atoms with Gasteiger partial charge in [-0.25, -0.2) is 4.98 Å². The zero-order chi connectivity index (χ0) is 16.9. The molecule has 1 aromatic heterocycles. The van der Waals surface area contributed by atoms with Crippen molar-refractivity contribution in [1.82, 2.24) is 19.8 Å². The Kier molecular flexibility index (Phi) is 5.66. The number of ether oxygens (including phenoxy) is 1. The molecule has 0 radical (unpaired) electrons. The molecule has 0 saturated carbocycles. The molecule has 0 bridgehead atoms. The first-order valence-corrected chi connectivity index (χ1v) is 8.79. The van der Waals surface area contributed by atoms with E-state index < -0.39 is 0 Å². The molecule has 130 valence electrons. The topological polar surface area (TPSA) is 42.3 Å². The lowest BCUT2D eigenvalue weighted by atomic mass is 10.2. The summed E-state index contributed by atoms with van der Waals surface area (Å²) in [5.74, 6) is 1.02. The van der Waals surface area contributed by atoms with Crippen LogP contribution >= 0.6 is 0 Å². The van der Waals surface area contributed by atoms with Gasteiger partial charge in [-0.15, -0.1) is 0 Å². The quantitative estimate of drug-likeness (QED) is 0.884. The maximum absolute atomic E-state index is 5.53. The van der Waals surface area contributed by atoms with Gasteiger partial charge in [0.1, 0.15) is 5.82 Å². The Morgan fingerprint density at radius 2 is 2.12 bits per heavy atom. The molecular formula is C19H28N4O. The summed E-state index contributed by atoms with van der Waals surface area (Å²) in [5.41, 5.74) is 2.36. The van der Waals surface area contributed by atoms with Crippen molar-refractivity contribution in [2.75, 3.05) is 26.3 Å². The van der Waals surface area contributed by atoms with Crippen LogP contribution in [0.1, 0.15) is 25.4 Å². The number of nitrogens with zero attached hydrogens (tertiary/aromatic N) is 3. The van der Waals surface area contributed by atoms with Gasteiger partial charge in [0.25, 0.3) is 0 Å². The molecule has 0 spiro atoms. The van der Waals surface area contributed by atoms with Crippen LogP contribution in [-0.4, -0.2) is 52.8 Å². The third-order valence-electron chi connectivity index (χ3n) is 4.76. The maximum atomic E-state index is 5.53. The number of aromatic nitrogens is 2. The van der Waals surface area contributed by atoms with Crippen molar-refractivity contribution in [1.29, 1.82) is 0 Å². The largest absolute Gasteiger partial charge is 0.379 e. The molecule has 1 fully saturated rings. The van der Waals surface area contributed by atoms with Crippen molar-refractivity contribution in [3.63, 3.8) is 0 Å². The van der Waals surface area contributed by atoms with E-state index in [0.717, 1.165) is 38.7 Å². The fraction of sp³-hybridized carbons (Fsp3) is 0.526. The highest BCUT2D eigenvalue weighted by Gasteiger charge is 2.23. The lowest BCUT2D eigenvalue weighted by molar-refractivity contribution is -0.0181. The molecule has 1 aliphatic heterocycles. The zero-order valence-electron chi connectivity index (χ0n) is 14.9. The van der Waals surface area contributed by atoms with Crippen LogP contribution in [-0.2, 0) is 11.3 Å². The Morgan fingerprint density at radius 3 is 2.88 bits per heavy atom. The third kappa shape index (κ3) is 3.86. The second-order valence-electron chi connectivity index (χ2n) is 6.61. The molecule has 2 aromatic rings.